The highest BCUT2D eigenvalue weighted by atomic mass is 32.1. The van der Waals surface area contributed by atoms with Gasteiger partial charge in [-0.15, -0.1) is 0 Å². The Balaban J connectivity index is 1.79. The fourth-order valence-electron chi connectivity index (χ4n) is 2.34. The van der Waals surface area contributed by atoms with Crippen molar-refractivity contribution in [2.75, 3.05) is 7.11 Å². The van der Waals surface area contributed by atoms with Crippen molar-refractivity contribution >= 4 is 12.2 Å². The Labute approximate surface area is 117 Å². The number of benzene rings is 1. The molecule has 0 saturated heterocycles. The number of para-hydroxylation sites is 1. The quantitative estimate of drug-likeness (QED) is 0.853. The molecule has 0 spiro atoms. The van der Waals surface area contributed by atoms with Gasteiger partial charge in [0, 0.05) is 12.5 Å². The molecule has 3 rings (SSSR count). The monoisotopic (exact) mass is 275 g/mol. The molecule has 2 aromatic rings. The van der Waals surface area contributed by atoms with Crippen LogP contribution in [0.4, 0.5) is 0 Å². The summed E-state index contributed by atoms with van der Waals surface area (Å²) >= 11 is 5.31. The Kier molecular flexibility index (Phi) is 3.38. The molecular formula is C14H17N3OS. The molecule has 1 heterocycles. The number of aromatic amines is 1. The van der Waals surface area contributed by atoms with E-state index in [1.165, 1.54) is 18.4 Å². The maximum Gasteiger partial charge on any atom is 0.195 e. The summed E-state index contributed by atoms with van der Waals surface area (Å²) in [5.74, 6) is 2.65. The number of methoxy groups -OCH3 is 1. The van der Waals surface area contributed by atoms with E-state index >= 15 is 0 Å². The van der Waals surface area contributed by atoms with Crippen LogP contribution in [-0.2, 0) is 13.0 Å². The molecule has 4 nitrogen and oxygen atoms in total. The fraction of sp³-hybridized carbons (Fsp3) is 0.429. The van der Waals surface area contributed by atoms with Gasteiger partial charge >= 0.3 is 0 Å². The van der Waals surface area contributed by atoms with Gasteiger partial charge in [0.25, 0.3) is 0 Å². The molecule has 0 radical (unpaired) electrons. The lowest BCUT2D eigenvalue weighted by Crippen LogP contribution is -2.06. The lowest BCUT2D eigenvalue weighted by atomic mass is 10.1. The fourth-order valence-corrected chi connectivity index (χ4v) is 2.57. The van der Waals surface area contributed by atoms with E-state index in [4.69, 9.17) is 17.0 Å². The van der Waals surface area contributed by atoms with Crippen LogP contribution in [0.2, 0.25) is 0 Å². The van der Waals surface area contributed by atoms with Crippen LogP contribution in [0.1, 0.15) is 30.1 Å². The molecule has 1 N–H and O–H groups in total. The maximum absolute atomic E-state index is 5.38. The minimum Gasteiger partial charge on any atom is -0.496 e. The molecule has 5 heteroatoms. The number of hydrogen-bond acceptors (Lipinski definition) is 3. The highest BCUT2D eigenvalue weighted by molar-refractivity contribution is 7.71. The molecule has 1 aromatic heterocycles. The normalized spacial score (nSPS) is 14.6. The van der Waals surface area contributed by atoms with E-state index in [2.05, 4.69) is 20.8 Å². The summed E-state index contributed by atoms with van der Waals surface area (Å²) in [5, 5.41) is 7.26. The van der Waals surface area contributed by atoms with Crippen molar-refractivity contribution in [3.8, 4) is 5.75 Å². The Morgan fingerprint density at radius 2 is 2.21 bits per heavy atom. The molecule has 1 aliphatic rings. The summed E-state index contributed by atoms with van der Waals surface area (Å²) < 4.78 is 8.22. The van der Waals surface area contributed by atoms with Crippen molar-refractivity contribution in [1.82, 2.24) is 14.8 Å². The van der Waals surface area contributed by atoms with E-state index in [1.54, 1.807) is 7.11 Å². The SMILES string of the molecule is COc1ccccc1CCn1c(C2CC2)n[nH]c1=S. The second kappa shape index (κ2) is 5.17. The summed E-state index contributed by atoms with van der Waals surface area (Å²) in [6, 6.07) is 8.11. The summed E-state index contributed by atoms with van der Waals surface area (Å²) in [6.45, 7) is 0.849. The van der Waals surface area contributed by atoms with Crippen LogP contribution in [0, 0.1) is 4.77 Å². The highest BCUT2D eigenvalue weighted by Gasteiger charge is 2.28. The number of nitrogens with one attached hydrogen (secondary N) is 1. The first-order valence-corrected chi connectivity index (χ1v) is 6.97. The van der Waals surface area contributed by atoms with E-state index < -0.39 is 0 Å². The first-order valence-electron chi connectivity index (χ1n) is 6.56. The number of nitrogens with zero attached hydrogens (tertiary/aromatic N) is 2. The zero-order valence-electron chi connectivity index (χ0n) is 10.9. The number of H-pyrrole nitrogens is 1. The Morgan fingerprint density at radius 1 is 1.42 bits per heavy atom. The molecule has 1 saturated carbocycles. The third-order valence-electron chi connectivity index (χ3n) is 3.53. The largest absolute Gasteiger partial charge is 0.496 e. The minimum absolute atomic E-state index is 0.602. The van der Waals surface area contributed by atoms with Crippen molar-refractivity contribution in [1.29, 1.82) is 0 Å². The molecule has 0 unspecified atom stereocenters. The first-order chi connectivity index (χ1) is 9.29. The van der Waals surface area contributed by atoms with E-state index in [0.717, 1.165) is 29.3 Å². The Morgan fingerprint density at radius 3 is 2.95 bits per heavy atom. The molecule has 0 amide bonds. The van der Waals surface area contributed by atoms with Crippen LogP contribution in [0.15, 0.2) is 24.3 Å². The van der Waals surface area contributed by atoms with Gasteiger partial charge in [-0.2, -0.15) is 5.10 Å². The van der Waals surface area contributed by atoms with E-state index in [-0.39, 0.29) is 0 Å². The lowest BCUT2D eigenvalue weighted by molar-refractivity contribution is 0.408. The second-order valence-corrected chi connectivity index (χ2v) is 5.26. The zero-order chi connectivity index (χ0) is 13.2. The number of ether oxygens (including phenoxy) is 1. The molecule has 19 heavy (non-hydrogen) atoms. The van der Waals surface area contributed by atoms with Crippen LogP contribution in [0.25, 0.3) is 0 Å². The van der Waals surface area contributed by atoms with Crippen molar-refractivity contribution in [2.45, 2.75) is 31.7 Å². The zero-order valence-corrected chi connectivity index (χ0v) is 11.7. The van der Waals surface area contributed by atoms with Gasteiger partial charge in [-0.25, -0.2) is 0 Å². The number of aromatic nitrogens is 3. The topological polar surface area (TPSA) is 42.8 Å². The molecule has 1 fully saturated rings. The molecule has 1 aliphatic carbocycles. The lowest BCUT2D eigenvalue weighted by Gasteiger charge is -2.09. The Bertz CT molecular complexity index is 628. The number of hydrogen-bond donors (Lipinski definition) is 1. The first kappa shape index (κ1) is 12.4. The van der Waals surface area contributed by atoms with Crippen LogP contribution in [0.3, 0.4) is 0 Å². The van der Waals surface area contributed by atoms with Crippen molar-refractivity contribution < 1.29 is 4.74 Å². The molecule has 0 atom stereocenters. The molecular weight excluding hydrogens is 258 g/mol. The highest BCUT2D eigenvalue weighted by Crippen LogP contribution is 2.38. The summed E-state index contributed by atoms with van der Waals surface area (Å²) in [6.07, 6.45) is 3.36. The van der Waals surface area contributed by atoms with Crippen LogP contribution in [0.5, 0.6) is 5.75 Å². The summed E-state index contributed by atoms with van der Waals surface area (Å²) in [5.41, 5.74) is 1.20. The van der Waals surface area contributed by atoms with E-state index in [0.29, 0.717) is 5.92 Å². The molecule has 0 bridgehead atoms. The standard InChI is InChI=1S/C14H17N3OS/c1-18-12-5-3-2-4-10(12)8-9-17-13(11-6-7-11)15-16-14(17)19/h2-5,11H,6-9H2,1H3,(H,16,19). The average molecular weight is 275 g/mol. The van der Waals surface area contributed by atoms with Gasteiger partial charge < -0.3 is 9.30 Å². The van der Waals surface area contributed by atoms with Crippen molar-refractivity contribution in [2.24, 2.45) is 0 Å². The van der Waals surface area contributed by atoms with Gasteiger partial charge in [0.05, 0.1) is 7.11 Å². The van der Waals surface area contributed by atoms with Crippen molar-refractivity contribution in [3.05, 3.63) is 40.4 Å². The van der Waals surface area contributed by atoms with Gasteiger partial charge in [0.15, 0.2) is 4.77 Å². The second-order valence-electron chi connectivity index (χ2n) is 4.87. The van der Waals surface area contributed by atoms with E-state index in [1.807, 2.05) is 18.2 Å². The maximum atomic E-state index is 5.38. The smallest absolute Gasteiger partial charge is 0.195 e. The van der Waals surface area contributed by atoms with E-state index in [9.17, 15) is 0 Å². The third-order valence-corrected chi connectivity index (χ3v) is 3.84. The van der Waals surface area contributed by atoms with Gasteiger partial charge in [-0.1, -0.05) is 18.2 Å². The molecule has 100 valence electrons. The van der Waals surface area contributed by atoms with Crippen LogP contribution in [-0.4, -0.2) is 21.9 Å². The molecule has 0 aliphatic heterocycles. The minimum atomic E-state index is 0.602. The number of rotatable bonds is 5. The predicted octanol–water partition coefficient (Wildman–Crippen LogP) is 3.07. The van der Waals surface area contributed by atoms with Crippen LogP contribution < -0.4 is 4.74 Å². The van der Waals surface area contributed by atoms with Gasteiger partial charge in [0.1, 0.15) is 11.6 Å². The Hall–Kier alpha value is -1.62. The summed E-state index contributed by atoms with van der Waals surface area (Å²) in [4.78, 5) is 0. The summed E-state index contributed by atoms with van der Waals surface area (Å²) in [7, 11) is 1.71. The third kappa shape index (κ3) is 2.56. The van der Waals surface area contributed by atoms with Crippen molar-refractivity contribution in [3.63, 3.8) is 0 Å². The van der Waals surface area contributed by atoms with Crippen LogP contribution >= 0.6 is 12.2 Å². The predicted molar refractivity (Wildman–Crippen MR) is 76.1 cm³/mol. The molecule has 1 aromatic carbocycles. The van der Waals surface area contributed by atoms with Gasteiger partial charge in [0.2, 0.25) is 0 Å². The van der Waals surface area contributed by atoms with Gasteiger partial charge in [-0.05, 0) is 43.1 Å². The number of aryl methyl sites for hydroxylation is 1. The van der Waals surface area contributed by atoms with Gasteiger partial charge in [-0.3, -0.25) is 5.10 Å². The average Bonchev–Trinajstić information content (AvgIpc) is 3.21.